The number of halogens is 1. The summed E-state index contributed by atoms with van der Waals surface area (Å²) in [5.74, 6) is 0. The summed E-state index contributed by atoms with van der Waals surface area (Å²) < 4.78 is 31.9. The summed E-state index contributed by atoms with van der Waals surface area (Å²) in [6, 6.07) is 7.88. The molecule has 2 aromatic heterocycles. The van der Waals surface area contributed by atoms with Crippen molar-refractivity contribution >= 4 is 31.6 Å². The number of hydrogen-bond donors (Lipinski definition) is 1. The molecule has 3 rings (SSSR count). The summed E-state index contributed by atoms with van der Waals surface area (Å²) in [5, 5.41) is 8.39. The van der Waals surface area contributed by atoms with Crippen LogP contribution in [0.3, 0.4) is 0 Å². The van der Waals surface area contributed by atoms with Gasteiger partial charge in [0.25, 0.3) is 10.0 Å². The molecule has 25 heavy (non-hydrogen) atoms. The number of rotatable bonds is 6. The number of benzene rings is 1. The van der Waals surface area contributed by atoms with Crippen LogP contribution < -0.4 is 4.72 Å². The number of sulfonamides is 1. The van der Waals surface area contributed by atoms with E-state index in [0.717, 1.165) is 10.0 Å². The molecule has 0 fully saturated rings. The van der Waals surface area contributed by atoms with E-state index in [0.29, 0.717) is 24.5 Å². The molecule has 0 saturated carbocycles. The molecular formula is C16H18BrN5O2S. The Balaban J connectivity index is 1.76. The first kappa shape index (κ1) is 17.7. The number of hydrogen-bond acceptors (Lipinski definition) is 4. The van der Waals surface area contributed by atoms with Gasteiger partial charge in [-0.1, -0.05) is 28.1 Å². The van der Waals surface area contributed by atoms with Crippen LogP contribution in [0.15, 0.2) is 52.2 Å². The standard InChI is InChI=1S/C16H18BrN5O2S/c1-3-21-11-16(12(2)19-21)25(23,24)20-15-8-18-22(10-15)9-13-4-6-14(17)7-5-13/h4-8,10-11,20H,3,9H2,1-2H3. The van der Waals surface area contributed by atoms with Gasteiger partial charge in [-0.15, -0.1) is 0 Å². The van der Waals surface area contributed by atoms with Crippen molar-refractivity contribution in [2.24, 2.45) is 0 Å². The maximum Gasteiger partial charge on any atom is 0.265 e. The van der Waals surface area contributed by atoms with E-state index in [1.165, 1.54) is 12.4 Å². The average Bonchev–Trinajstić information content (AvgIpc) is 3.16. The van der Waals surface area contributed by atoms with Crippen LogP contribution >= 0.6 is 15.9 Å². The van der Waals surface area contributed by atoms with E-state index in [1.54, 1.807) is 22.5 Å². The number of anilines is 1. The monoisotopic (exact) mass is 423 g/mol. The lowest BCUT2D eigenvalue weighted by atomic mass is 10.2. The van der Waals surface area contributed by atoms with Crippen molar-refractivity contribution < 1.29 is 8.42 Å². The van der Waals surface area contributed by atoms with Gasteiger partial charge in [0.2, 0.25) is 0 Å². The molecule has 0 bridgehead atoms. The van der Waals surface area contributed by atoms with Crippen LogP contribution in [0.1, 0.15) is 18.2 Å². The second-order valence-corrected chi connectivity index (χ2v) is 8.16. The fraction of sp³-hybridized carbons (Fsp3) is 0.250. The zero-order chi connectivity index (χ0) is 18.0. The predicted molar refractivity (Wildman–Crippen MR) is 98.9 cm³/mol. The van der Waals surface area contributed by atoms with Crippen LogP contribution in [0.5, 0.6) is 0 Å². The Kier molecular flexibility index (Phi) is 4.96. The first-order chi connectivity index (χ1) is 11.9. The molecular weight excluding hydrogens is 406 g/mol. The molecule has 132 valence electrons. The summed E-state index contributed by atoms with van der Waals surface area (Å²) in [6.07, 6.45) is 4.69. The SMILES string of the molecule is CCn1cc(S(=O)(=O)Nc2cnn(Cc3ccc(Br)cc3)c2)c(C)n1. The van der Waals surface area contributed by atoms with E-state index in [1.807, 2.05) is 31.2 Å². The summed E-state index contributed by atoms with van der Waals surface area (Å²) in [4.78, 5) is 0.176. The smallest absolute Gasteiger partial charge is 0.265 e. The van der Waals surface area contributed by atoms with Crippen LogP contribution in [0, 0.1) is 6.92 Å². The van der Waals surface area contributed by atoms with Gasteiger partial charge < -0.3 is 0 Å². The van der Waals surface area contributed by atoms with Crippen LogP contribution in [-0.4, -0.2) is 28.0 Å². The number of aromatic nitrogens is 4. The molecule has 1 N–H and O–H groups in total. The highest BCUT2D eigenvalue weighted by molar-refractivity contribution is 9.10. The Morgan fingerprint density at radius 2 is 1.88 bits per heavy atom. The van der Waals surface area contributed by atoms with E-state index >= 15 is 0 Å². The maximum atomic E-state index is 12.6. The van der Waals surface area contributed by atoms with Gasteiger partial charge in [-0.05, 0) is 31.5 Å². The Bertz CT molecular complexity index is 976. The summed E-state index contributed by atoms with van der Waals surface area (Å²) in [6.45, 7) is 4.75. The highest BCUT2D eigenvalue weighted by Gasteiger charge is 2.20. The number of aryl methyl sites for hydroxylation is 2. The van der Waals surface area contributed by atoms with Crippen molar-refractivity contribution in [3.8, 4) is 0 Å². The molecule has 0 radical (unpaired) electrons. The highest BCUT2D eigenvalue weighted by atomic mass is 79.9. The van der Waals surface area contributed by atoms with Crippen molar-refractivity contribution in [2.45, 2.75) is 31.8 Å². The minimum atomic E-state index is -3.69. The Labute approximate surface area is 154 Å². The van der Waals surface area contributed by atoms with E-state index in [2.05, 4.69) is 30.8 Å². The second kappa shape index (κ2) is 7.01. The van der Waals surface area contributed by atoms with Gasteiger partial charge in [0.1, 0.15) is 4.90 Å². The van der Waals surface area contributed by atoms with Crippen molar-refractivity contribution in [2.75, 3.05) is 4.72 Å². The van der Waals surface area contributed by atoms with E-state index in [9.17, 15) is 8.42 Å². The molecule has 1 aromatic carbocycles. The molecule has 0 amide bonds. The lowest BCUT2D eigenvalue weighted by Gasteiger charge is -2.04. The normalized spacial score (nSPS) is 11.6. The van der Waals surface area contributed by atoms with Crippen LogP contribution in [0.4, 0.5) is 5.69 Å². The molecule has 9 heteroatoms. The number of nitrogens with zero attached hydrogens (tertiary/aromatic N) is 4. The number of nitrogens with one attached hydrogen (secondary N) is 1. The molecule has 0 unspecified atom stereocenters. The van der Waals surface area contributed by atoms with Crippen LogP contribution in [-0.2, 0) is 23.1 Å². The second-order valence-electron chi connectivity index (χ2n) is 5.59. The predicted octanol–water partition coefficient (Wildman–Crippen LogP) is 3.02. The van der Waals surface area contributed by atoms with Gasteiger partial charge in [-0.2, -0.15) is 10.2 Å². The minimum absolute atomic E-state index is 0.176. The van der Waals surface area contributed by atoms with Crippen molar-refractivity contribution in [3.05, 3.63) is 58.6 Å². The largest absolute Gasteiger partial charge is 0.276 e. The van der Waals surface area contributed by atoms with Gasteiger partial charge in [0, 0.05) is 23.4 Å². The molecule has 2 heterocycles. The minimum Gasteiger partial charge on any atom is -0.276 e. The maximum absolute atomic E-state index is 12.6. The topological polar surface area (TPSA) is 81.8 Å². The first-order valence-electron chi connectivity index (χ1n) is 7.71. The Morgan fingerprint density at radius 1 is 1.16 bits per heavy atom. The van der Waals surface area contributed by atoms with Crippen LogP contribution in [0.25, 0.3) is 0 Å². The fourth-order valence-electron chi connectivity index (χ4n) is 2.42. The summed E-state index contributed by atoms with van der Waals surface area (Å²) in [7, 11) is -3.69. The summed E-state index contributed by atoms with van der Waals surface area (Å²) >= 11 is 3.40. The Hall–Kier alpha value is -2.13. The zero-order valence-electron chi connectivity index (χ0n) is 13.8. The molecule has 0 atom stereocenters. The lowest BCUT2D eigenvalue weighted by molar-refractivity contribution is 0.600. The van der Waals surface area contributed by atoms with E-state index < -0.39 is 10.0 Å². The fourth-order valence-corrected chi connectivity index (χ4v) is 3.90. The lowest BCUT2D eigenvalue weighted by Crippen LogP contribution is -2.13. The third-order valence-electron chi connectivity index (χ3n) is 3.66. The summed E-state index contributed by atoms with van der Waals surface area (Å²) in [5.41, 5.74) is 1.96. The molecule has 0 aliphatic rings. The van der Waals surface area contributed by atoms with Gasteiger partial charge in [0.15, 0.2) is 0 Å². The third kappa shape index (κ3) is 4.10. The first-order valence-corrected chi connectivity index (χ1v) is 9.99. The van der Waals surface area contributed by atoms with E-state index in [4.69, 9.17) is 0 Å². The van der Waals surface area contributed by atoms with Gasteiger partial charge >= 0.3 is 0 Å². The van der Waals surface area contributed by atoms with Gasteiger partial charge in [-0.3, -0.25) is 14.1 Å². The highest BCUT2D eigenvalue weighted by Crippen LogP contribution is 2.19. The molecule has 0 aliphatic heterocycles. The van der Waals surface area contributed by atoms with Gasteiger partial charge in [-0.25, -0.2) is 8.42 Å². The molecule has 3 aromatic rings. The quantitative estimate of drug-likeness (QED) is 0.660. The molecule has 0 saturated heterocycles. The van der Waals surface area contributed by atoms with Crippen LogP contribution in [0.2, 0.25) is 0 Å². The zero-order valence-corrected chi connectivity index (χ0v) is 16.2. The Morgan fingerprint density at radius 3 is 2.52 bits per heavy atom. The molecule has 7 nitrogen and oxygen atoms in total. The van der Waals surface area contributed by atoms with Gasteiger partial charge in [0.05, 0.1) is 24.1 Å². The molecule has 0 spiro atoms. The average molecular weight is 424 g/mol. The molecule has 0 aliphatic carbocycles. The van der Waals surface area contributed by atoms with E-state index in [-0.39, 0.29) is 4.90 Å². The third-order valence-corrected chi connectivity index (χ3v) is 5.67. The van der Waals surface area contributed by atoms with Crippen molar-refractivity contribution in [3.63, 3.8) is 0 Å². The van der Waals surface area contributed by atoms with Crippen molar-refractivity contribution in [1.82, 2.24) is 19.6 Å². The van der Waals surface area contributed by atoms with Crippen molar-refractivity contribution in [1.29, 1.82) is 0 Å².